The predicted octanol–water partition coefficient (Wildman–Crippen LogP) is 2.51. The number of hydrogen-bond acceptors (Lipinski definition) is 4. The fourth-order valence-corrected chi connectivity index (χ4v) is 2.40. The van der Waals surface area contributed by atoms with Gasteiger partial charge in [0.15, 0.2) is 5.29 Å². The van der Waals surface area contributed by atoms with E-state index in [4.69, 9.17) is 27.9 Å². The minimum atomic E-state index is -1.51. The smallest absolute Gasteiger partial charge is 0.354 e. The molecule has 1 aliphatic heterocycles. The molecule has 0 aromatic carbocycles. The van der Waals surface area contributed by atoms with Crippen LogP contribution in [-0.2, 0) is 9.53 Å². The summed E-state index contributed by atoms with van der Waals surface area (Å²) in [5.41, 5.74) is 0. The molecule has 1 unspecified atom stereocenters. The lowest BCUT2D eigenvalue weighted by Gasteiger charge is -2.26. The largest absolute Gasteiger partial charge is 0.459 e. The summed E-state index contributed by atoms with van der Waals surface area (Å²) in [5.74, 6) is -0.554. The van der Waals surface area contributed by atoms with Gasteiger partial charge in [-0.1, -0.05) is 18.0 Å². The summed E-state index contributed by atoms with van der Waals surface area (Å²) in [6.45, 7) is 0. The average Bonchev–Trinajstić information content (AvgIpc) is 2.30. The van der Waals surface area contributed by atoms with Crippen LogP contribution >= 0.6 is 23.2 Å². The lowest BCUT2D eigenvalue weighted by Crippen LogP contribution is -2.38. The molecule has 2 rings (SSSR count). The fraction of sp³-hybridized carbons (Fsp3) is 0.636. The van der Waals surface area contributed by atoms with Crippen molar-refractivity contribution in [3.05, 3.63) is 12.3 Å². The summed E-state index contributed by atoms with van der Waals surface area (Å²) in [6, 6.07) is 0. The minimum Gasteiger partial charge on any atom is -0.459 e. The van der Waals surface area contributed by atoms with Gasteiger partial charge in [-0.2, -0.15) is 0 Å². The summed E-state index contributed by atoms with van der Waals surface area (Å²) in [6.07, 6.45) is 8.08. The summed E-state index contributed by atoms with van der Waals surface area (Å²) in [5, 5.41) is 2.72. The Morgan fingerprint density at radius 3 is 2.82 bits per heavy atom. The Labute approximate surface area is 110 Å². The van der Waals surface area contributed by atoms with E-state index in [2.05, 4.69) is 10.3 Å². The SMILES string of the molecule is O=C(OC1CCCCC1)C1(Cl)C=CNC(Cl)=N1. The maximum atomic E-state index is 11.9. The molecule has 0 bridgehead atoms. The van der Waals surface area contributed by atoms with E-state index < -0.39 is 11.0 Å². The Bertz CT molecular complexity index is 364. The van der Waals surface area contributed by atoms with E-state index in [-0.39, 0.29) is 11.4 Å². The first-order chi connectivity index (χ1) is 8.10. The van der Waals surface area contributed by atoms with Crippen molar-refractivity contribution in [2.45, 2.75) is 43.2 Å². The molecule has 1 saturated carbocycles. The van der Waals surface area contributed by atoms with Crippen molar-refractivity contribution in [2.75, 3.05) is 0 Å². The summed E-state index contributed by atoms with van der Waals surface area (Å²) < 4.78 is 5.37. The molecule has 2 aliphatic rings. The second kappa shape index (κ2) is 5.27. The maximum absolute atomic E-state index is 11.9. The fourth-order valence-electron chi connectivity index (χ4n) is 1.96. The number of nitrogens with zero attached hydrogens (tertiary/aromatic N) is 1. The zero-order valence-corrected chi connectivity index (χ0v) is 10.8. The monoisotopic (exact) mass is 276 g/mol. The molecule has 0 saturated heterocycles. The summed E-state index contributed by atoms with van der Waals surface area (Å²) >= 11 is 11.7. The number of alkyl halides is 1. The normalized spacial score (nSPS) is 29.4. The van der Waals surface area contributed by atoms with Gasteiger partial charge in [0.1, 0.15) is 6.10 Å². The van der Waals surface area contributed by atoms with Gasteiger partial charge in [-0.05, 0) is 43.4 Å². The number of carbonyl (C=O) groups is 1. The molecule has 94 valence electrons. The standard InChI is InChI=1S/C11H14Cl2N2O2/c12-10-14-7-6-11(13,15-10)9(16)17-8-4-2-1-3-5-8/h6-8H,1-5H2,(H,14,15). The van der Waals surface area contributed by atoms with Gasteiger partial charge in [0.2, 0.25) is 0 Å². The number of halogens is 2. The van der Waals surface area contributed by atoms with Crippen LogP contribution in [0.4, 0.5) is 0 Å². The van der Waals surface area contributed by atoms with E-state index in [1.807, 2.05) is 0 Å². The molecule has 0 aromatic rings. The van der Waals surface area contributed by atoms with Crippen LogP contribution < -0.4 is 5.32 Å². The van der Waals surface area contributed by atoms with Gasteiger partial charge in [-0.25, -0.2) is 9.79 Å². The van der Waals surface area contributed by atoms with Crippen LogP contribution in [0.1, 0.15) is 32.1 Å². The number of rotatable bonds is 2. The minimum absolute atomic E-state index is 0.0378. The first-order valence-electron chi connectivity index (χ1n) is 5.70. The zero-order valence-electron chi connectivity index (χ0n) is 9.29. The molecular weight excluding hydrogens is 263 g/mol. The molecule has 17 heavy (non-hydrogen) atoms. The highest BCUT2D eigenvalue weighted by atomic mass is 35.5. The molecule has 1 heterocycles. The van der Waals surface area contributed by atoms with Crippen LogP contribution in [0.2, 0.25) is 0 Å². The topological polar surface area (TPSA) is 50.7 Å². The number of ether oxygens (including phenoxy) is 1. The van der Waals surface area contributed by atoms with E-state index in [0.29, 0.717) is 0 Å². The van der Waals surface area contributed by atoms with E-state index >= 15 is 0 Å². The van der Waals surface area contributed by atoms with Gasteiger partial charge >= 0.3 is 5.97 Å². The second-order valence-electron chi connectivity index (χ2n) is 4.22. The zero-order chi connectivity index (χ0) is 12.3. The third-order valence-corrected chi connectivity index (χ3v) is 3.44. The number of hydrogen-bond donors (Lipinski definition) is 1. The molecule has 1 aliphatic carbocycles. The van der Waals surface area contributed by atoms with Crippen molar-refractivity contribution in [3.63, 3.8) is 0 Å². The Morgan fingerprint density at radius 1 is 1.47 bits per heavy atom. The van der Waals surface area contributed by atoms with Crippen LogP contribution in [0.15, 0.2) is 17.3 Å². The predicted molar refractivity (Wildman–Crippen MR) is 67.1 cm³/mol. The van der Waals surface area contributed by atoms with Crippen LogP contribution in [0, 0.1) is 0 Å². The Balaban J connectivity index is 1.99. The van der Waals surface area contributed by atoms with Gasteiger partial charge in [0.05, 0.1) is 0 Å². The van der Waals surface area contributed by atoms with Crippen molar-refractivity contribution in [1.82, 2.24) is 5.32 Å². The van der Waals surface area contributed by atoms with E-state index in [9.17, 15) is 4.79 Å². The molecule has 6 heteroatoms. The van der Waals surface area contributed by atoms with Crippen molar-refractivity contribution >= 4 is 34.5 Å². The molecular formula is C11H14Cl2N2O2. The Morgan fingerprint density at radius 2 is 2.18 bits per heavy atom. The molecule has 1 atom stereocenters. The van der Waals surface area contributed by atoms with E-state index in [1.165, 1.54) is 18.7 Å². The molecule has 0 radical (unpaired) electrons. The molecule has 1 fully saturated rings. The van der Waals surface area contributed by atoms with Gasteiger partial charge in [0, 0.05) is 6.20 Å². The maximum Gasteiger partial charge on any atom is 0.354 e. The number of nitrogens with one attached hydrogen (secondary N) is 1. The molecule has 0 spiro atoms. The first kappa shape index (κ1) is 12.7. The van der Waals surface area contributed by atoms with Crippen LogP contribution in [0.5, 0.6) is 0 Å². The number of amidine groups is 1. The number of carbonyl (C=O) groups excluding carboxylic acids is 1. The van der Waals surface area contributed by atoms with Crippen LogP contribution in [0.3, 0.4) is 0 Å². The highest BCUT2D eigenvalue weighted by Gasteiger charge is 2.38. The molecule has 1 N–H and O–H groups in total. The quantitative estimate of drug-likeness (QED) is 0.479. The number of esters is 1. The molecule has 0 aromatic heterocycles. The lowest BCUT2D eigenvalue weighted by molar-refractivity contribution is -0.152. The van der Waals surface area contributed by atoms with Crippen molar-refractivity contribution in [1.29, 1.82) is 0 Å². The average molecular weight is 277 g/mol. The van der Waals surface area contributed by atoms with Crippen LogP contribution in [0.25, 0.3) is 0 Å². The molecule has 0 amide bonds. The lowest BCUT2D eigenvalue weighted by atomic mass is 9.98. The van der Waals surface area contributed by atoms with Gasteiger partial charge in [0.25, 0.3) is 5.00 Å². The summed E-state index contributed by atoms with van der Waals surface area (Å²) in [4.78, 5) is 14.3. The van der Waals surface area contributed by atoms with Crippen molar-refractivity contribution < 1.29 is 9.53 Å². The highest BCUT2D eigenvalue weighted by molar-refractivity contribution is 6.65. The van der Waals surface area contributed by atoms with E-state index in [1.54, 1.807) is 0 Å². The summed E-state index contributed by atoms with van der Waals surface area (Å²) in [7, 11) is 0. The van der Waals surface area contributed by atoms with Gasteiger partial charge in [-0.3, -0.25) is 0 Å². The first-order valence-corrected chi connectivity index (χ1v) is 6.45. The second-order valence-corrected chi connectivity index (χ2v) is 5.15. The Hall–Kier alpha value is -0.740. The van der Waals surface area contributed by atoms with E-state index in [0.717, 1.165) is 25.7 Å². The van der Waals surface area contributed by atoms with Crippen molar-refractivity contribution in [2.24, 2.45) is 4.99 Å². The van der Waals surface area contributed by atoms with Gasteiger partial charge in [-0.15, -0.1) is 0 Å². The van der Waals surface area contributed by atoms with Crippen LogP contribution in [-0.4, -0.2) is 22.4 Å². The Kier molecular flexibility index (Phi) is 3.94. The third-order valence-electron chi connectivity index (χ3n) is 2.88. The van der Waals surface area contributed by atoms with Crippen molar-refractivity contribution in [3.8, 4) is 0 Å². The third kappa shape index (κ3) is 3.13. The highest BCUT2D eigenvalue weighted by Crippen LogP contribution is 2.27. The number of aliphatic imine (C=N–C) groups is 1. The van der Waals surface area contributed by atoms with Gasteiger partial charge < -0.3 is 10.1 Å². The molecule has 4 nitrogen and oxygen atoms in total.